The van der Waals surface area contributed by atoms with E-state index in [2.05, 4.69) is 39.5 Å². The Morgan fingerprint density at radius 3 is 2.92 bits per heavy atom. The van der Waals surface area contributed by atoms with Crippen molar-refractivity contribution in [3.8, 4) is 0 Å². The largest absolute Gasteiger partial charge is 0.370 e. The summed E-state index contributed by atoms with van der Waals surface area (Å²) in [7, 11) is 0. The highest BCUT2D eigenvalue weighted by atomic mass is 16.1. The van der Waals surface area contributed by atoms with E-state index < -0.39 is 0 Å². The van der Waals surface area contributed by atoms with Gasteiger partial charge in [0.25, 0.3) is 0 Å². The van der Waals surface area contributed by atoms with Gasteiger partial charge in [0.2, 0.25) is 5.91 Å². The first-order chi connectivity index (χ1) is 11.8. The van der Waals surface area contributed by atoms with Crippen molar-refractivity contribution in [2.45, 2.75) is 12.8 Å². The predicted octanol–water partition coefficient (Wildman–Crippen LogP) is 3.63. The van der Waals surface area contributed by atoms with Crippen LogP contribution in [-0.4, -0.2) is 24.0 Å². The lowest BCUT2D eigenvalue weighted by Gasteiger charge is -2.19. The zero-order chi connectivity index (χ0) is 16.4. The summed E-state index contributed by atoms with van der Waals surface area (Å²) in [5.74, 6) is 0.0255. The van der Waals surface area contributed by atoms with E-state index in [9.17, 15) is 4.79 Å². The molecule has 0 spiro atoms. The molecule has 0 aliphatic carbocycles. The van der Waals surface area contributed by atoms with Gasteiger partial charge in [-0.25, -0.2) is 0 Å². The zero-order valence-corrected chi connectivity index (χ0v) is 13.4. The fourth-order valence-corrected chi connectivity index (χ4v) is 3.29. The molecule has 1 amide bonds. The Kier molecular flexibility index (Phi) is 3.87. The number of nitrogens with zero attached hydrogens (tertiary/aromatic N) is 2. The molecule has 4 rings (SSSR count). The number of hydrogen-bond acceptors (Lipinski definition) is 3. The Morgan fingerprint density at radius 1 is 1.08 bits per heavy atom. The summed E-state index contributed by atoms with van der Waals surface area (Å²) < 4.78 is 0. The summed E-state index contributed by atoms with van der Waals surface area (Å²) in [6.07, 6.45) is 3.28. The number of fused-ring (bicyclic) bond motifs is 2. The zero-order valence-electron chi connectivity index (χ0n) is 13.4. The Balaban J connectivity index is 1.42. The van der Waals surface area contributed by atoms with Crippen LogP contribution in [0, 0.1) is 0 Å². The van der Waals surface area contributed by atoms with Crippen molar-refractivity contribution in [3.05, 3.63) is 66.4 Å². The Morgan fingerprint density at radius 2 is 1.96 bits per heavy atom. The molecule has 0 saturated carbocycles. The summed E-state index contributed by atoms with van der Waals surface area (Å²) in [5, 5.41) is 4.04. The molecule has 3 aromatic rings. The van der Waals surface area contributed by atoms with Crippen LogP contribution < -0.4 is 10.2 Å². The molecule has 24 heavy (non-hydrogen) atoms. The van der Waals surface area contributed by atoms with Gasteiger partial charge in [-0.2, -0.15) is 0 Å². The maximum Gasteiger partial charge on any atom is 0.226 e. The molecule has 4 nitrogen and oxygen atoms in total. The van der Waals surface area contributed by atoms with Gasteiger partial charge in [0.05, 0.1) is 11.2 Å². The lowest BCUT2D eigenvalue weighted by atomic mass is 10.2. The van der Waals surface area contributed by atoms with Crippen molar-refractivity contribution >= 4 is 28.2 Å². The average molecular weight is 317 g/mol. The second-order valence-electron chi connectivity index (χ2n) is 6.04. The SMILES string of the molecule is O=C(CCN1CCc2ccccc21)Nc1cccc2cccnc12. The highest BCUT2D eigenvalue weighted by Gasteiger charge is 2.18. The van der Waals surface area contributed by atoms with Crippen LogP contribution in [0.3, 0.4) is 0 Å². The molecular formula is C20H19N3O. The number of benzene rings is 2. The van der Waals surface area contributed by atoms with Crippen LogP contribution in [0.1, 0.15) is 12.0 Å². The van der Waals surface area contributed by atoms with Crippen LogP contribution in [0.4, 0.5) is 11.4 Å². The Bertz CT molecular complexity index is 885. The van der Waals surface area contributed by atoms with E-state index in [0.29, 0.717) is 6.42 Å². The summed E-state index contributed by atoms with van der Waals surface area (Å²) in [5.41, 5.74) is 4.24. The van der Waals surface area contributed by atoms with Crippen LogP contribution in [0.15, 0.2) is 60.8 Å². The fourth-order valence-electron chi connectivity index (χ4n) is 3.29. The average Bonchev–Trinajstić information content (AvgIpc) is 3.04. The lowest BCUT2D eigenvalue weighted by Crippen LogP contribution is -2.26. The van der Waals surface area contributed by atoms with E-state index in [1.807, 2.05) is 30.3 Å². The van der Waals surface area contributed by atoms with E-state index in [-0.39, 0.29) is 5.91 Å². The summed E-state index contributed by atoms with van der Waals surface area (Å²) in [6, 6.07) is 18.2. The number of carbonyl (C=O) groups excluding carboxylic acids is 1. The molecule has 0 atom stereocenters. The smallest absolute Gasteiger partial charge is 0.226 e. The molecule has 0 radical (unpaired) electrons. The molecule has 0 fully saturated rings. The van der Waals surface area contributed by atoms with Crippen LogP contribution in [-0.2, 0) is 11.2 Å². The minimum atomic E-state index is 0.0255. The van der Waals surface area contributed by atoms with E-state index in [1.54, 1.807) is 6.20 Å². The topological polar surface area (TPSA) is 45.2 Å². The quantitative estimate of drug-likeness (QED) is 0.799. The van der Waals surface area contributed by atoms with E-state index in [1.165, 1.54) is 11.3 Å². The molecule has 2 aromatic carbocycles. The first-order valence-electron chi connectivity index (χ1n) is 8.28. The van der Waals surface area contributed by atoms with Crippen molar-refractivity contribution in [1.29, 1.82) is 0 Å². The van der Waals surface area contributed by atoms with Crippen LogP contribution in [0.5, 0.6) is 0 Å². The third-order valence-electron chi connectivity index (χ3n) is 4.50. The molecule has 1 N–H and O–H groups in total. The van der Waals surface area contributed by atoms with E-state index in [0.717, 1.165) is 36.1 Å². The first-order valence-corrected chi connectivity index (χ1v) is 8.28. The standard InChI is InChI=1S/C20H19N3O/c24-19(11-14-23-13-10-15-5-1-2-9-18(15)23)22-17-8-3-6-16-7-4-12-21-20(16)17/h1-9,12H,10-11,13-14H2,(H,22,24). The van der Waals surface area contributed by atoms with Gasteiger partial charge in [-0.1, -0.05) is 36.4 Å². The van der Waals surface area contributed by atoms with Gasteiger partial charge in [-0.05, 0) is 30.2 Å². The summed E-state index contributed by atoms with van der Waals surface area (Å²) in [4.78, 5) is 19.0. The second-order valence-corrected chi connectivity index (χ2v) is 6.04. The van der Waals surface area contributed by atoms with Crippen molar-refractivity contribution in [3.63, 3.8) is 0 Å². The van der Waals surface area contributed by atoms with Crippen LogP contribution in [0.25, 0.3) is 10.9 Å². The number of aromatic nitrogens is 1. The Hall–Kier alpha value is -2.88. The normalized spacial score (nSPS) is 13.1. The van der Waals surface area contributed by atoms with Gasteiger partial charge >= 0.3 is 0 Å². The van der Waals surface area contributed by atoms with Crippen molar-refractivity contribution in [1.82, 2.24) is 4.98 Å². The van der Waals surface area contributed by atoms with E-state index >= 15 is 0 Å². The number of rotatable bonds is 4. The maximum atomic E-state index is 12.4. The van der Waals surface area contributed by atoms with Crippen LogP contribution >= 0.6 is 0 Å². The molecule has 120 valence electrons. The first kappa shape index (κ1) is 14.7. The number of para-hydroxylation sites is 2. The summed E-state index contributed by atoms with van der Waals surface area (Å²) >= 11 is 0. The minimum absolute atomic E-state index is 0.0255. The highest BCUT2D eigenvalue weighted by Crippen LogP contribution is 2.27. The number of amides is 1. The molecule has 4 heteroatoms. The molecule has 0 saturated heterocycles. The number of nitrogens with one attached hydrogen (secondary N) is 1. The van der Waals surface area contributed by atoms with Gasteiger partial charge in [0, 0.05) is 36.8 Å². The van der Waals surface area contributed by atoms with Crippen molar-refractivity contribution < 1.29 is 4.79 Å². The minimum Gasteiger partial charge on any atom is -0.370 e. The third kappa shape index (κ3) is 2.83. The highest BCUT2D eigenvalue weighted by molar-refractivity contribution is 6.00. The van der Waals surface area contributed by atoms with E-state index in [4.69, 9.17) is 0 Å². The molecule has 0 bridgehead atoms. The number of pyridine rings is 1. The maximum absolute atomic E-state index is 12.4. The fraction of sp³-hybridized carbons (Fsp3) is 0.200. The van der Waals surface area contributed by atoms with Gasteiger partial charge in [0.15, 0.2) is 0 Å². The van der Waals surface area contributed by atoms with Gasteiger partial charge in [0.1, 0.15) is 0 Å². The molecule has 1 aliphatic heterocycles. The predicted molar refractivity (Wildman–Crippen MR) is 97.3 cm³/mol. The molecular weight excluding hydrogens is 298 g/mol. The van der Waals surface area contributed by atoms with Crippen molar-refractivity contribution in [2.75, 3.05) is 23.3 Å². The van der Waals surface area contributed by atoms with Gasteiger partial charge in [-0.15, -0.1) is 0 Å². The third-order valence-corrected chi connectivity index (χ3v) is 4.50. The lowest BCUT2D eigenvalue weighted by molar-refractivity contribution is -0.116. The number of hydrogen-bond donors (Lipinski definition) is 1. The summed E-state index contributed by atoms with van der Waals surface area (Å²) in [6.45, 7) is 1.73. The van der Waals surface area contributed by atoms with Gasteiger partial charge in [-0.3, -0.25) is 9.78 Å². The number of anilines is 2. The molecule has 1 aromatic heterocycles. The molecule has 1 aliphatic rings. The van der Waals surface area contributed by atoms with Crippen LogP contribution in [0.2, 0.25) is 0 Å². The van der Waals surface area contributed by atoms with Gasteiger partial charge < -0.3 is 10.2 Å². The molecule has 2 heterocycles. The second kappa shape index (κ2) is 6.32. The van der Waals surface area contributed by atoms with Crippen molar-refractivity contribution in [2.24, 2.45) is 0 Å². The monoisotopic (exact) mass is 317 g/mol. The Labute approximate surface area is 141 Å². The molecule has 0 unspecified atom stereocenters. The number of carbonyl (C=O) groups is 1.